The number of benzene rings is 1. The lowest BCUT2D eigenvalue weighted by Gasteiger charge is -2.38. The molecule has 2 fully saturated rings. The third-order valence-corrected chi connectivity index (χ3v) is 5.78. The molecule has 1 aromatic heterocycles. The molecule has 2 aliphatic heterocycles. The van der Waals surface area contributed by atoms with Gasteiger partial charge < -0.3 is 14.6 Å². The zero-order chi connectivity index (χ0) is 18.0. The van der Waals surface area contributed by atoms with Crippen LogP contribution in [0.5, 0.6) is 5.75 Å². The molecule has 2 saturated heterocycles. The zero-order valence-corrected chi connectivity index (χ0v) is 15.3. The maximum absolute atomic E-state index is 12.6. The van der Waals surface area contributed by atoms with Crippen molar-refractivity contribution >= 4 is 5.91 Å². The van der Waals surface area contributed by atoms with Gasteiger partial charge >= 0.3 is 0 Å². The van der Waals surface area contributed by atoms with Gasteiger partial charge in [0.25, 0.3) is 0 Å². The topological polar surface area (TPSA) is 61.5 Å². The number of nitrogens with zero attached hydrogens (tertiary/aromatic N) is 3. The number of amides is 1. The third-order valence-electron chi connectivity index (χ3n) is 5.78. The zero-order valence-electron chi connectivity index (χ0n) is 15.3. The van der Waals surface area contributed by atoms with Gasteiger partial charge in [0.05, 0.1) is 13.4 Å². The lowest BCUT2D eigenvalue weighted by atomic mass is 9.77. The molecule has 1 aromatic carbocycles. The quantitative estimate of drug-likeness (QED) is 0.896. The molecule has 26 heavy (non-hydrogen) atoms. The highest BCUT2D eigenvalue weighted by Crippen LogP contribution is 2.41. The van der Waals surface area contributed by atoms with Crippen molar-refractivity contribution in [2.24, 2.45) is 5.41 Å². The van der Waals surface area contributed by atoms with Crippen LogP contribution in [0, 0.1) is 5.41 Å². The Morgan fingerprint density at radius 1 is 1.27 bits per heavy atom. The Bertz CT molecular complexity index is 751. The fourth-order valence-electron chi connectivity index (χ4n) is 4.25. The molecule has 4 rings (SSSR count). The molecule has 1 spiro atoms. The molecule has 0 saturated carbocycles. The summed E-state index contributed by atoms with van der Waals surface area (Å²) < 4.78 is 5.29. The minimum atomic E-state index is 0.153. The van der Waals surface area contributed by atoms with Crippen LogP contribution in [-0.2, 0) is 17.9 Å². The number of H-pyrrole nitrogens is 1. The number of ether oxygens (including phenoxy) is 1. The number of aromatic nitrogens is 2. The van der Waals surface area contributed by atoms with Crippen molar-refractivity contribution in [2.75, 3.05) is 26.7 Å². The molecule has 6 heteroatoms. The van der Waals surface area contributed by atoms with Crippen molar-refractivity contribution in [3.63, 3.8) is 0 Å². The van der Waals surface area contributed by atoms with E-state index in [9.17, 15) is 4.79 Å². The first-order valence-corrected chi connectivity index (χ1v) is 9.26. The highest BCUT2D eigenvalue weighted by Gasteiger charge is 2.44. The summed E-state index contributed by atoms with van der Waals surface area (Å²) in [6, 6.07) is 8.00. The van der Waals surface area contributed by atoms with Crippen molar-refractivity contribution in [3.05, 3.63) is 48.0 Å². The minimum Gasteiger partial charge on any atom is -0.497 e. The van der Waals surface area contributed by atoms with Gasteiger partial charge in [0.1, 0.15) is 5.75 Å². The molecular weight excluding hydrogens is 328 g/mol. The van der Waals surface area contributed by atoms with Crippen LogP contribution in [0.25, 0.3) is 0 Å². The average molecular weight is 354 g/mol. The van der Waals surface area contributed by atoms with E-state index in [-0.39, 0.29) is 11.3 Å². The fraction of sp³-hybridized carbons (Fsp3) is 0.500. The number of carbonyl (C=O) groups excluding carboxylic acids is 1. The smallest absolute Gasteiger partial charge is 0.223 e. The highest BCUT2D eigenvalue weighted by molar-refractivity contribution is 5.79. The molecule has 2 aromatic rings. The third kappa shape index (κ3) is 3.60. The van der Waals surface area contributed by atoms with Crippen LogP contribution in [0.15, 0.2) is 36.8 Å². The Balaban J connectivity index is 1.35. The standard InChI is InChI=1S/C20H26N4O2/c1-26-18-4-2-3-16(9-18)12-24-14-20(10-19(24)25)5-7-23(8-6-20)13-17-11-21-15-22-17/h2-4,9,11,15H,5-8,10,12-14H2,1H3,(H,21,22). The number of rotatable bonds is 5. The molecule has 0 atom stereocenters. The van der Waals surface area contributed by atoms with E-state index in [2.05, 4.69) is 20.9 Å². The van der Waals surface area contributed by atoms with Crippen LogP contribution >= 0.6 is 0 Å². The van der Waals surface area contributed by atoms with Crippen LogP contribution in [0.1, 0.15) is 30.5 Å². The molecule has 3 heterocycles. The van der Waals surface area contributed by atoms with Crippen molar-refractivity contribution in [1.82, 2.24) is 19.8 Å². The fourth-order valence-corrected chi connectivity index (χ4v) is 4.25. The maximum atomic E-state index is 12.6. The molecule has 0 radical (unpaired) electrons. The van der Waals surface area contributed by atoms with Crippen LogP contribution in [0.4, 0.5) is 0 Å². The van der Waals surface area contributed by atoms with E-state index in [1.165, 1.54) is 0 Å². The lowest BCUT2D eigenvalue weighted by molar-refractivity contribution is -0.128. The predicted octanol–water partition coefficient (Wildman–Crippen LogP) is 2.43. The molecule has 0 aliphatic carbocycles. The van der Waals surface area contributed by atoms with E-state index >= 15 is 0 Å². The van der Waals surface area contributed by atoms with Gasteiger partial charge in [-0.3, -0.25) is 9.69 Å². The molecular formula is C20H26N4O2. The van der Waals surface area contributed by atoms with Crippen molar-refractivity contribution in [1.29, 1.82) is 0 Å². The van der Waals surface area contributed by atoms with Crippen LogP contribution in [0.3, 0.4) is 0 Å². The van der Waals surface area contributed by atoms with E-state index in [1.54, 1.807) is 13.4 Å². The second kappa shape index (κ2) is 7.11. The number of piperidine rings is 1. The number of likely N-dealkylation sites (tertiary alicyclic amines) is 2. The summed E-state index contributed by atoms with van der Waals surface area (Å²) in [5.41, 5.74) is 2.44. The number of hydrogen-bond acceptors (Lipinski definition) is 4. The first-order valence-electron chi connectivity index (χ1n) is 9.26. The largest absolute Gasteiger partial charge is 0.497 e. The summed E-state index contributed by atoms with van der Waals surface area (Å²) in [6.07, 6.45) is 6.48. The Labute approximate surface area is 154 Å². The van der Waals surface area contributed by atoms with E-state index in [1.807, 2.05) is 29.3 Å². The van der Waals surface area contributed by atoms with E-state index < -0.39 is 0 Å². The monoisotopic (exact) mass is 354 g/mol. The van der Waals surface area contributed by atoms with Crippen LogP contribution in [-0.4, -0.2) is 52.4 Å². The second-order valence-corrected chi connectivity index (χ2v) is 7.63. The molecule has 1 N–H and O–H groups in total. The number of aromatic amines is 1. The summed E-state index contributed by atoms with van der Waals surface area (Å²) >= 11 is 0. The van der Waals surface area contributed by atoms with Gasteiger partial charge in [-0.05, 0) is 49.0 Å². The number of hydrogen-bond donors (Lipinski definition) is 1. The van der Waals surface area contributed by atoms with Crippen LogP contribution < -0.4 is 4.74 Å². The van der Waals surface area contributed by atoms with Gasteiger partial charge in [0.15, 0.2) is 0 Å². The van der Waals surface area contributed by atoms with Gasteiger partial charge in [-0.15, -0.1) is 0 Å². The number of carbonyl (C=O) groups is 1. The Hall–Kier alpha value is -2.34. The summed E-state index contributed by atoms with van der Waals surface area (Å²) in [5, 5.41) is 0. The molecule has 0 unspecified atom stereocenters. The van der Waals surface area contributed by atoms with Gasteiger partial charge in [-0.2, -0.15) is 0 Å². The van der Waals surface area contributed by atoms with Gasteiger partial charge in [-0.25, -0.2) is 4.98 Å². The molecule has 2 aliphatic rings. The Kier molecular flexibility index (Phi) is 4.68. The SMILES string of the molecule is COc1cccc(CN2CC3(CCN(Cc4cnc[nH]4)CC3)CC2=O)c1. The van der Waals surface area contributed by atoms with Gasteiger partial charge in [0.2, 0.25) is 5.91 Å². The van der Waals surface area contributed by atoms with Gasteiger partial charge in [-0.1, -0.05) is 12.1 Å². The summed E-state index contributed by atoms with van der Waals surface area (Å²) in [4.78, 5) is 24.4. The van der Waals surface area contributed by atoms with E-state index in [0.717, 1.165) is 56.0 Å². The molecule has 0 bridgehead atoms. The lowest BCUT2D eigenvalue weighted by Crippen LogP contribution is -2.41. The Morgan fingerprint density at radius 3 is 2.85 bits per heavy atom. The second-order valence-electron chi connectivity index (χ2n) is 7.63. The Morgan fingerprint density at radius 2 is 2.12 bits per heavy atom. The first kappa shape index (κ1) is 17.1. The van der Waals surface area contributed by atoms with Crippen molar-refractivity contribution < 1.29 is 9.53 Å². The van der Waals surface area contributed by atoms with Crippen molar-refractivity contribution in [2.45, 2.75) is 32.4 Å². The summed E-state index contributed by atoms with van der Waals surface area (Å²) in [5.74, 6) is 1.13. The summed E-state index contributed by atoms with van der Waals surface area (Å²) in [7, 11) is 1.67. The van der Waals surface area contributed by atoms with Gasteiger partial charge in [0, 0.05) is 37.9 Å². The highest BCUT2D eigenvalue weighted by atomic mass is 16.5. The molecule has 1 amide bonds. The number of methoxy groups -OCH3 is 1. The maximum Gasteiger partial charge on any atom is 0.223 e. The number of imidazole rings is 1. The van der Waals surface area contributed by atoms with Crippen LogP contribution in [0.2, 0.25) is 0 Å². The molecule has 6 nitrogen and oxygen atoms in total. The molecule has 138 valence electrons. The normalized spacial score (nSPS) is 20.0. The first-order chi connectivity index (χ1) is 12.7. The van der Waals surface area contributed by atoms with E-state index in [4.69, 9.17) is 4.74 Å². The minimum absolute atomic E-state index is 0.153. The average Bonchev–Trinajstić information content (AvgIpc) is 3.26. The number of nitrogens with one attached hydrogen (secondary N) is 1. The summed E-state index contributed by atoms with van der Waals surface area (Å²) in [6.45, 7) is 4.55. The predicted molar refractivity (Wildman–Crippen MR) is 98.6 cm³/mol. The van der Waals surface area contributed by atoms with Crippen molar-refractivity contribution in [3.8, 4) is 5.75 Å². The van der Waals surface area contributed by atoms with E-state index in [0.29, 0.717) is 13.0 Å².